The summed E-state index contributed by atoms with van der Waals surface area (Å²) in [6.07, 6.45) is 0. The Kier molecular flexibility index (Phi) is 4.89. The molecule has 2 heterocycles. The number of hydrogen-bond donors (Lipinski definition) is 0. The molecule has 1 aromatic heterocycles. The van der Waals surface area contributed by atoms with Crippen molar-refractivity contribution in [3.63, 3.8) is 0 Å². The predicted molar refractivity (Wildman–Crippen MR) is 134 cm³/mol. The van der Waals surface area contributed by atoms with Crippen LogP contribution in [0.2, 0.25) is 0 Å². The summed E-state index contributed by atoms with van der Waals surface area (Å²) in [6.45, 7) is 0.540. The van der Waals surface area contributed by atoms with Crippen LogP contribution in [0.15, 0.2) is 96.4 Å². The summed E-state index contributed by atoms with van der Waals surface area (Å²) < 4.78 is 5.75. The highest BCUT2D eigenvalue weighted by Crippen LogP contribution is 2.38. The van der Waals surface area contributed by atoms with Gasteiger partial charge in [0.15, 0.2) is 6.61 Å². The van der Waals surface area contributed by atoms with Gasteiger partial charge in [-0.3, -0.25) is 4.79 Å². The van der Waals surface area contributed by atoms with Crippen molar-refractivity contribution in [1.29, 1.82) is 0 Å². The monoisotopic (exact) mass is 448 g/mol. The van der Waals surface area contributed by atoms with Gasteiger partial charge < -0.3 is 9.64 Å². The first-order chi connectivity index (χ1) is 16.3. The third kappa shape index (κ3) is 3.66. The lowest BCUT2D eigenvalue weighted by Crippen LogP contribution is -2.38. The van der Waals surface area contributed by atoms with E-state index in [0.717, 1.165) is 44.2 Å². The normalized spacial score (nSPS) is 13.1. The summed E-state index contributed by atoms with van der Waals surface area (Å²) in [4.78, 5) is 19.6. The van der Waals surface area contributed by atoms with E-state index in [9.17, 15) is 4.79 Å². The Bertz CT molecular complexity index is 1470. The second kappa shape index (κ2) is 8.19. The molecule has 0 N–H and O–H groups in total. The van der Waals surface area contributed by atoms with Gasteiger partial charge in [-0.15, -0.1) is 11.3 Å². The smallest absolute Gasteiger partial charge is 0.265 e. The second-order valence-electron chi connectivity index (χ2n) is 7.99. The highest BCUT2D eigenvalue weighted by molar-refractivity contribution is 7.13. The van der Waals surface area contributed by atoms with Gasteiger partial charge in [0.05, 0.1) is 17.9 Å². The quantitative estimate of drug-likeness (QED) is 0.313. The maximum Gasteiger partial charge on any atom is 0.265 e. The Balaban J connectivity index is 1.38. The summed E-state index contributed by atoms with van der Waals surface area (Å²) in [6, 6.07) is 30.6. The Hall–Kier alpha value is -3.96. The van der Waals surface area contributed by atoms with E-state index in [1.807, 2.05) is 59.5 Å². The number of fused-ring (bicyclic) bond motifs is 2. The van der Waals surface area contributed by atoms with Gasteiger partial charge in [0, 0.05) is 16.5 Å². The minimum Gasteiger partial charge on any atom is -0.482 e. The molecule has 0 saturated carbocycles. The van der Waals surface area contributed by atoms with Gasteiger partial charge in [-0.1, -0.05) is 72.8 Å². The molecule has 0 atom stereocenters. The molecule has 5 aromatic rings. The first-order valence-electron chi connectivity index (χ1n) is 10.8. The number of anilines is 1. The number of benzene rings is 4. The number of nitrogens with zero attached hydrogens (tertiary/aromatic N) is 2. The fraction of sp³-hybridized carbons (Fsp3) is 0.0714. The van der Waals surface area contributed by atoms with Gasteiger partial charge in [0.25, 0.3) is 5.91 Å². The van der Waals surface area contributed by atoms with Gasteiger partial charge in [-0.05, 0) is 34.5 Å². The number of ether oxygens (including phenoxy) is 1. The van der Waals surface area contributed by atoms with Crippen LogP contribution in [0.5, 0.6) is 5.75 Å². The van der Waals surface area contributed by atoms with E-state index in [4.69, 9.17) is 9.72 Å². The molecule has 0 radical (unpaired) electrons. The van der Waals surface area contributed by atoms with Crippen molar-refractivity contribution in [3.8, 4) is 27.6 Å². The molecule has 1 amide bonds. The number of thiazole rings is 1. The van der Waals surface area contributed by atoms with Crippen LogP contribution in [0.1, 0.15) is 5.56 Å². The summed E-state index contributed by atoms with van der Waals surface area (Å²) in [5, 5.41) is 5.36. The molecule has 4 aromatic carbocycles. The molecule has 0 spiro atoms. The van der Waals surface area contributed by atoms with E-state index in [1.54, 1.807) is 11.3 Å². The van der Waals surface area contributed by atoms with Crippen molar-refractivity contribution >= 4 is 33.7 Å². The summed E-state index contributed by atoms with van der Waals surface area (Å²) in [5.41, 5.74) is 4.85. The summed E-state index contributed by atoms with van der Waals surface area (Å²) in [7, 11) is 0. The zero-order valence-corrected chi connectivity index (χ0v) is 18.6. The molecule has 33 heavy (non-hydrogen) atoms. The number of carbonyl (C=O) groups is 1. The zero-order valence-electron chi connectivity index (χ0n) is 17.8. The van der Waals surface area contributed by atoms with Gasteiger partial charge in [-0.25, -0.2) is 4.98 Å². The Morgan fingerprint density at radius 3 is 2.61 bits per heavy atom. The van der Waals surface area contributed by atoms with Gasteiger partial charge >= 0.3 is 0 Å². The van der Waals surface area contributed by atoms with Crippen LogP contribution in [0.3, 0.4) is 0 Å². The van der Waals surface area contributed by atoms with Crippen molar-refractivity contribution in [1.82, 2.24) is 4.98 Å². The van der Waals surface area contributed by atoms with E-state index in [0.29, 0.717) is 6.54 Å². The van der Waals surface area contributed by atoms with Crippen molar-refractivity contribution in [2.75, 3.05) is 11.5 Å². The van der Waals surface area contributed by atoms with Crippen LogP contribution in [-0.2, 0) is 11.3 Å². The van der Waals surface area contributed by atoms with E-state index < -0.39 is 0 Å². The van der Waals surface area contributed by atoms with Gasteiger partial charge in [0.1, 0.15) is 10.8 Å². The first-order valence-corrected chi connectivity index (χ1v) is 11.7. The van der Waals surface area contributed by atoms with Gasteiger partial charge in [-0.2, -0.15) is 0 Å². The molecule has 160 valence electrons. The predicted octanol–water partition coefficient (Wildman–Crippen LogP) is 6.56. The van der Waals surface area contributed by atoms with Crippen molar-refractivity contribution in [2.45, 2.75) is 6.54 Å². The van der Waals surface area contributed by atoms with Crippen LogP contribution in [0.25, 0.3) is 32.6 Å². The number of carbonyl (C=O) groups excluding carboxylic acids is 1. The fourth-order valence-corrected chi connectivity index (χ4v) is 5.09. The average molecular weight is 449 g/mol. The third-order valence-corrected chi connectivity index (χ3v) is 6.82. The number of aromatic nitrogens is 1. The first kappa shape index (κ1) is 19.7. The van der Waals surface area contributed by atoms with Crippen LogP contribution >= 0.6 is 11.3 Å². The minimum atomic E-state index is -0.0455. The highest BCUT2D eigenvalue weighted by atomic mass is 32.1. The lowest BCUT2D eigenvalue weighted by atomic mass is 10.0. The topological polar surface area (TPSA) is 42.4 Å². The van der Waals surface area contributed by atoms with E-state index in [-0.39, 0.29) is 12.5 Å². The maximum atomic E-state index is 12.9. The standard InChI is InChI=1S/C28H20N2O2S/c31-27-17-32-26-14-13-21(24-18-33-28(29-24)20-8-2-1-3-9-20)15-25(26)30(27)16-22-11-6-10-19-7-4-5-12-23(19)22/h1-15,18H,16-17H2. The average Bonchev–Trinajstić information content (AvgIpc) is 3.37. The Morgan fingerprint density at radius 1 is 0.879 bits per heavy atom. The zero-order chi connectivity index (χ0) is 22.2. The van der Waals surface area contributed by atoms with Crippen molar-refractivity contribution in [3.05, 3.63) is 102 Å². The van der Waals surface area contributed by atoms with Crippen LogP contribution in [0, 0.1) is 0 Å². The minimum absolute atomic E-state index is 0.0455. The maximum absolute atomic E-state index is 12.9. The van der Waals surface area contributed by atoms with Crippen molar-refractivity contribution in [2.24, 2.45) is 0 Å². The summed E-state index contributed by atoms with van der Waals surface area (Å²) in [5.74, 6) is 0.674. The largest absolute Gasteiger partial charge is 0.482 e. The molecule has 1 aliphatic heterocycles. The molecular formula is C28H20N2O2S. The van der Waals surface area contributed by atoms with E-state index in [1.165, 1.54) is 5.39 Å². The molecule has 0 fully saturated rings. The summed E-state index contributed by atoms with van der Waals surface area (Å²) >= 11 is 1.62. The fourth-order valence-electron chi connectivity index (χ4n) is 4.26. The molecule has 1 aliphatic rings. The highest BCUT2D eigenvalue weighted by Gasteiger charge is 2.27. The second-order valence-corrected chi connectivity index (χ2v) is 8.85. The number of rotatable bonds is 4. The van der Waals surface area contributed by atoms with Crippen LogP contribution < -0.4 is 9.64 Å². The molecule has 4 nitrogen and oxygen atoms in total. The SMILES string of the molecule is O=C1COc2ccc(-c3csc(-c4ccccc4)n3)cc2N1Cc1cccc2ccccc12. The Morgan fingerprint density at radius 2 is 1.70 bits per heavy atom. The molecule has 5 heteroatoms. The third-order valence-electron chi connectivity index (χ3n) is 5.93. The molecule has 0 saturated heterocycles. The lowest BCUT2D eigenvalue weighted by molar-refractivity contribution is -0.121. The van der Waals surface area contributed by atoms with Crippen molar-refractivity contribution < 1.29 is 9.53 Å². The van der Waals surface area contributed by atoms with Gasteiger partial charge in [0.2, 0.25) is 0 Å². The molecule has 6 rings (SSSR count). The molecule has 0 unspecified atom stereocenters. The number of hydrogen-bond acceptors (Lipinski definition) is 4. The Labute approximate surface area is 195 Å². The van der Waals surface area contributed by atoms with Crippen LogP contribution in [0.4, 0.5) is 5.69 Å². The molecular weight excluding hydrogens is 428 g/mol. The van der Waals surface area contributed by atoms with E-state index >= 15 is 0 Å². The van der Waals surface area contributed by atoms with Crippen LogP contribution in [-0.4, -0.2) is 17.5 Å². The molecule has 0 aliphatic carbocycles. The number of amides is 1. The van der Waals surface area contributed by atoms with E-state index in [2.05, 4.69) is 41.8 Å². The lowest BCUT2D eigenvalue weighted by Gasteiger charge is -2.30. The molecule has 0 bridgehead atoms.